The Morgan fingerprint density at radius 2 is 1.39 bits per heavy atom. The second-order valence-electron chi connectivity index (χ2n) is 6.72. The molecule has 1 saturated heterocycles. The number of rotatable bonds is 7. The highest BCUT2D eigenvalue weighted by molar-refractivity contribution is 5.68. The van der Waals surface area contributed by atoms with Gasteiger partial charge in [0, 0.05) is 27.7 Å². The number of esters is 4. The van der Waals surface area contributed by atoms with Crippen LogP contribution in [0.2, 0.25) is 0 Å². The van der Waals surface area contributed by atoms with E-state index in [4.69, 9.17) is 34.2 Å². The number of benzene rings is 1. The van der Waals surface area contributed by atoms with Crippen molar-refractivity contribution >= 4 is 29.6 Å². The third-order valence-electron chi connectivity index (χ3n) is 4.11. The minimum atomic E-state index is -1.33. The average Bonchev–Trinajstić information content (AvgIpc) is 2.65. The number of hydrogen-bond donors (Lipinski definition) is 1. The lowest BCUT2D eigenvalue weighted by Gasteiger charge is -2.44. The van der Waals surface area contributed by atoms with Crippen LogP contribution in [0.25, 0.3) is 0 Å². The summed E-state index contributed by atoms with van der Waals surface area (Å²) in [6.45, 7) is 4.26. The normalized spacial score (nSPS) is 25.1. The van der Waals surface area contributed by atoms with Gasteiger partial charge in [0.25, 0.3) is 0 Å². The first-order valence-electron chi connectivity index (χ1n) is 9.40. The highest BCUT2D eigenvalue weighted by atomic mass is 16.7. The molecule has 11 heteroatoms. The van der Waals surface area contributed by atoms with Crippen molar-refractivity contribution in [3.63, 3.8) is 0 Å². The van der Waals surface area contributed by atoms with Gasteiger partial charge in [0.05, 0.1) is 5.69 Å². The molecular formula is C20H25NO10. The van der Waals surface area contributed by atoms with E-state index < -0.39 is 54.6 Å². The van der Waals surface area contributed by atoms with E-state index in [9.17, 15) is 19.2 Å². The molecule has 170 valence electrons. The van der Waals surface area contributed by atoms with Crippen molar-refractivity contribution in [1.82, 2.24) is 0 Å². The minimum absolute atomic E-state index is 0.211. The standard InChI is InChI=1S/C20H25NO10/c1-10(22)26-9-16-17(27-11(2)23)18(28-12(3)24)19(29-13(4)25)20(31-16)30-15-8-6-5-7-14(15)21/h5-8,16-20H,9,21H2,1-4H3/t16-,17-,18+,19-,20-/m1/s1. The Bertz CT molecular complexity index is 826. The van der Waals surface area contributed by atoms with Crippen molar-refractivity contribution in [2.24, 2.45) is 0 Å². The van der Waals surface area contributed by atoms with Crippen molar-refractivity contribution in [2.75, 3.05) is 12.3 Å². The van der Waals surface area contributed by atoms with Gasteiger partial charge < -0.3 is 34.2 Å². The van der Waals surface area contributed by atoms with E-state index in [2.05, 4.69) is 0 Å². The van der Waals surface area contributed by atoms with Crippen molar-refractivity contribution in [1.29, 1.82) is 0 Å². The second kappa shape index (κ2) is 10.6. The number of carbonyl (C=O) groups is 4. The molecule has 1 aromatic carbocycles. The topological polar surface area (TPSA) is 150 Å². The molecule has 1 aliphatic heterocycles. The van der Waals surface area contributed by atoms with Crippen molar-refractivity contribution in [2.45, 2.75) is 58.4 Å². The highest BCUT2D eigenvalue weighted by Crippen LogP contribution is 2.32. The Morgan fingerprint density at radius 1 is 0.839 bits per heavy atom. The van der Waals surface area contributed by atoms with Crippen LogP contribution >= 0.6 is 0 Å². The molecule has 2 N–H and O–H groups in total. The summed E-state index contributed by atoms with van der Waals surface area (Å²) in [6, 6.07) is 6.50. The molecule has 31 heavy (non-hydrogen) atoms. The van der Waals surface area contributed by atoms with E-state index in [0.29, 0.717) is 0 Å². The van der Waals surface area contributed by atoms with Gasteiger partial charge in [0.1, 0.15) is 18.5 Å². The summed E-state index contributed by atoms with van der Waals surface area (Å²) in [5.74, 6) is -2.57. The lowest BCUT2D eigenvalue weighted by atomic mass is 9.98. The van der Waals surface area contributed by atoms with Gasteiger partial charge in [-0.1, -0.05) is 12.1 Å². The summed E-state index contributed by atoms with van der Waals surface area (Å²) in [7, 11) is 0. The molecule has 11 nitrogen and oxygen atoms in total. The molecule has 0 unspecified atom stereocenters. The molecule has 0 spiro atoms. The third kappa shape index (κ3) is 6.85. The monoisotopic (exact) mass is 439 g/mol. The van der Waals surface area contributed by atoms with Gasteiger partial charge in [-0.2, -0.15) is 0 Å². The molecule has 0 aromatic heterocycles. The van der Waals surface area contributed by atoms with Gasteiger partial charge >= 0.3 is 23.9 Å². The summed E-state index contributed by atoms with van der Waals surface area (Å²) >= 11 is 0. The number of para-hydroxylation sites is 2. The van der Waals surface area contributed by atoms with Gasteiger partial charge in [0.15, 0.2) is 12.2 Å². The van der Waals surface area contributed by atoms with Crippen molar-refractivity contribution in [3.8, 4) is 5.75 Å². The lowest BCUT2D eigenvalue weighted by molar-refractivity contribution is -0.288. The number of hydrogen-bond acceptors (Lipinski definition) is 11. The predicted molar refractivity (Wildman–Crippen MR) is 103 cm³/mol. The maximum atomic E-state index is 11.8. The van der Waals surface area contributed by atoms with Crippen molar-refractivity contribution < 1.29 is 47.6 Å². The maximum Gasteiger partial charge on any atom is 0.303 e. The first-order valence-corrected chi connectivity index (χ1v) is 9.40. The Balaban J connectivity index is 2.46. The SMILES string of the molecule is CC(=O)OC[C@H]1O[C@@H](Oc2ccccc2N)[C@H](OC(C)=O)[C@@H](OC(C)=O)[C@@H]1OC(C)=O. The number of nitrogens with two attached hydrogens (primary N) is 1. The number of ether oxygens (including phenoxy) is 6. The molecule has 0 aliphatic carbocycles. The predicted octanol–water partition coefficient (Wildman–Crippen LogP) is 0.731. The smallest absolute Gasteiger partial charge is 0.303 e. The van der Waals surface area contributed by atoms with E-state index in [1.807, 2.05) is 0 Å². The molecule has 1 aliphatic rings. The third-order valence-corrected chi connectivity index (χ3v) is 4.11. The first kappa shape index (κ1) is 23.9. The molecular weight excluding hydrogens is 414 g/mol. The summed E-state index contributed by atoms with van der Waals surface area (Å²) in [5, 5.41) is 0. The average molecular weight is 439 g/mol. The zero-order valence-electron chi connectivity index (χ0n) is 17.6. The van der Waals surface area contributed by atoms with E-state index >= 15 is 0 Å². The van der Waals surface area contributed by atoms with Gasteiger partial charge in [0.2, 0.25) is 12.4 Å². The van der Waals surface area contributed by atoms with Crippen LogP contribution in [-0.4, -0.2) is 61.2 Å². The van der Waals surface area contributed by atoms with Gasteiger partial charge in [-0.3, -0.25) is 19.2 Å². The summed E-state index contributed by atoms with van der Waals surface area (Å²) in [6.07, 6.45) is -6.31. The van der Waals surface area contributed by atoms with E-state index in [0.717, 1.165) is 20.8 Å². The Hall–Kier alpha value is -3.34. The van der Waals surface area contributed by atoms with Crippen LogP contribution < -0.4 is 10.5 Å². The molecule has 5 atom stereocenters. The maximum absolute atomic E-state index is 11.8. The Kier molecular flexibility index (Phi) is 8.20. The fraction of sp³-hybridized carbons (Fsp3) is 0.500. The quantitative estimate of drug-likeness (QED) is 0.364. The van der Waals surface area contributed by atoms with E-state index in [1.54, 1.807) is 24.3 Å². The fourth-order valence-corrected chi connectivity index (χ4v) is 3.00. The summed E-state index contributed by atoms with van der Waals surface area (Å²) in [5.41, 5.74) is 6.19. The van der Waals surface area contributed by atoms with Crippen molar-refractivity contribution in [3.05, 3.63) is 24.3 Å². The van der Waals surface area contributed by atoms with E-state index in [1.165, 1.54) is 6.92 Å². The molecule has 0 radical (unpaired) electrons. The molecule has 1 fully saturated rings. The van der Waals surface area contributed by atoms with Gasteiger partial charge in [-0.05, 0) is 12.1 Å². The zero-order valence-corrected chi connectivity index (χ0v) is 17.6. The van der Waals surface area contributed by atoms with E-state index in [-0.39, 0.29) is 18.0 Å². The van der Waals surface area contributed by atoms with Crippen LogP contribution in [0.15, 0.2) is 24.3 Å². The van der Waals surface area contributed by atoms with Crippen LogP contribution in [0.1, 0.15) is 27.7 Å². The van der Waals surface area contributed by atoms with Crippen LogP contribution in [0.3, 0.4) is 0 Å². The number of nitrogen functional groups attached to an aromatic ring is 1. The Morgan fingerprint density at radius 3 is 1.94 bits per heavy atom. The zero-order chi connectivity index (χ0) is 23.1. The number of carbonyl (C=O) groups excluding carboxylic acids is 4. The summed E-state index contributed by atoms with van der Waals surface area (Å²) in [4.78, 5) is 46.5. The Labute approximate surface area is 178 Å². The van der Waals surface area contributed by atoms with Crippen LogP contribution in [0, 0.1) is 0 Å². The molecule has 2 rings (SSSR count). The van der Waals surface area contributed by atoms with Crippen LogP contribution in [0.4, 0.5) is 5.69 Å². The highest BCUT2D eigenvalue weighted by Gasteiger charge is 2.53. The lowest BCUT2D eigenvalue weighted by Crippen LogP contribution is -2.63. The number of anilines is 1. The molecule has 1 heterocycles. The van der Waals surface area contributed by atoms with Crippen LogP contribution in [0.5, 0.6) is 5.75 Å². The molecule has 0 amide bonds. The van der Waals surface area contributed by atoms with Gasteiger partial charge in [-0.25, -0.2) is 0 Å². The summed E-state index contributed by atoms with van der Waals surface area (Å²) < 4.78 is 32.6. The fourth-order valence-electron chi connectivity index (χ4n) is 3.00. The molecule has 0 bridgehead atoms. The minimum Gasteiger partial charge on any atom is -0.463 e. The first-order chi connectivity index (χ1) is 14.6. The molecule has 1 aromatic rings. The molecule has 0 saturated carbocycles. The second-order valence-corrected chi connectivity index (χ2v) is 6.72. The van der Waals surface area contributed by atoms with Gasteiger partial charge in [-0.15, -0.1) is 0 Å². The largest absolute Gasteiger partial charge is 0.463 e. The van der Waals surface area contributed by atoms with Crippen LogP contribution in [-0.2, 0) is 42.9 Å².